The van der Waals surface area contributed by atoms with Gasteiger partial charge >= 0.3 is 0 Å². The highest BCUT2D eigenvalue weighted by Gasteiger charge is 2.18. The lowest BCUT2D eigenvalue weighted by Gasteiger charge is -2.07. The molecular weight excluding hydrogens is 396 g/mol. The summed E-state index contributed by atoms with van der Waals surface area (Å²) >= 11 is 0. The van der Waals surface area contributed by atoms with Gasteiger partial charge in [0.15, 0.2) is 0 Å². The van der Waals surface area contributed by atoms with Crippen molar-refractivity contribution in [3.05, 3.63) is 60.4 Å². The summed E-state index contributed by atoms with van der Waals surface area (Å²) in [5, 5.41) is 12.8. The van der Waals surface area contributed by atoms with Crippen LogP contribution in [0.4, 0.5) is 0 Å². The molecule has 0 unspecified atom stereocenters. The van der Waals surface area contributed by atoms with Crippen LogP contribution in [0.1, 0.15) is 18.6 Å². The molecule has 1 saturated heterocycles. The van der Waals surface area contributed by atoms with E-state index in [-0.39, 0.29) is 4.90 Å². The molecule has 0 atom stereocenters. The first-order valence-corrected chi connectivity index (χ1v) is 10.5. The van der Waals surface area contributed by atoms with E-state index in [1.54, 1.807) is 19.1 Å². The predicted octanol–water partition coefficient (Wildman–Crippen LogP) is 3.71. The van der Waals surface area contributed by atoms with E-state index in [2.05, 4.69) is 14.9 Å². The maximum atomic E-state index is 11.6. The Bertz CT molecular complexity index is 1000. The highest BCUT2D eigenvalue weighted by Crippen LogP contribution is 2.34. The Hall–Kier alpha value is -2.56. The maximum Gasteiger partial charge on any atom is 0.262 e. The van der Waals surface area contributed by atoms with Crippen LogP contribution in [0.15, 0.2) is 64.0 Å². The van der Waals surface area contributed by atoms with Gasteiger partial charge < -0.3 is 9.73 Å². The summed E-state index contributed by atoms with van der Waals surface area (Å²) in [6, 6.07) is 15.7. The van der Waals surface area contributed by atoms with Crippen LogP contribution in [-0.4, -0.2) is 32.0 Å². The first-order chi connectivity index (χ1) is 14.0. The van der Waals surface area contributed by atoms with Crippen molar-refractivity contribution in [1.82, 2.24) is 10.0 Å². The molecule has 3 aromatic rings. The van der Waals surface area contributed by atoms with Gasteiger partial charge in [-0.1, -0.05) is 52.5 Å². The maximum absolute atomic E-state index is 11.6. The Labute approximate surface area is 169 Å². The van der Waals surface area contributed by atoms with E-state index in [4.69, 9.17) is 9.73 Å². The van der Waals surface area contributed by atoms with Gasteiger partial charge in [0.25, 0.3) is 10.0 Å². The third-order valence-corrected chi connectivity index (χ3v) is 5.41. The van der Waals surface area contributed by atoms with E-state index < -0.39 is 10.0 Å². The molecule has 1 aliphatic heterocycles. The summed E-state index contributed by atoms with van der Waals surface area (Å²) in [6.07, 6.45) is 2.31. The first-order valence-electron chi connectivity index (χ1n) is 9.05. The van der Waals surface area contributed by atoms with Gasteiger partial charge in [0.1, 0.15) is 11.5 Å². The fraction of sp³-hybridized carbons (Fsp3) is 0.250. The molecule has 0 aliphatic carbocycles. The number of hydrogen-bond acceptors (Lipinski definition) is 7. The summed E-state index contributed by atoms with van der Waals surface area (Å²) in [4.78, 5) is 10.4. The Morgan fingerprint density at radius 3 is 2.07 bits per heavy atom. The molecule has 154 valence electrons. The molecule has 0 radical (unpaired) electrons. The van der Waals surface area contributed by atoms with Crippen LogP contribution < -0.4 is 4.89 Å². The van der Waals surface area contributed by atoms with Crippen LogP contribution in [0.2, 0.25) is 0 Å². The van der Waals surface area contributed by atoms with E-state index >= 15 is 0 Å². The fourth-order valence-corrected chi connectivity index (χ4v) is 3.40. The van der Waals surface area contributed by atoms with Crippen LogP contribution in [0.25, 0.3) is 22.4 Å². The predicted molar refractivity (Wildman–Crippen MR) is 105 cm³/mol. The number of aryl methyl sites for hydroxylation is 1. The summed E-state index contributed by atoms with van der Waals surface area (Å²) in [6.45, 7) is 3.36. The van der Waals surface area contributed by atoms with Gasteiger partial charge in [-0.15, -0.1) is 0 Å². The van der Waals surface area contributed by atoms with Gasteiger partial charge in [-0.3, -0.25) is 0 Å². The Morgan fingerprint density at radius 2 is 1.55 bits per heavy atom. The number of nitrogens with zero attached hydrogens (tertiary/aromatic N) is 1. The highest BCUT2D eigenvalue weighted by atomic mass is 32.2. The SMILES string of the molecule is C1CCOOC1.Cc1onc(-c2ccccc2)c1-c1ccc(S(=O)(=O)NO)cc1. The lowest BCUT2D eigenvalue weighted by Crippen LogP contribution is -2.19. The second-order valence-electron chi connectivity index (χ2n) is 6.30. The van der Waals surface area contributed by atoms with Crippen molar-refractivity contribution >= 4 is 10.0 Å². The van der Waals surface area contributed by atoms with Gasteiger partial charge in [0.2, 0.25) is 0 Å². The molecule has 9 heteroatoms. The molecule has 8 nitrogen and oxygen atoms in total. The van der Waals surface area contributed by atoms with Crippen LogP contribution in [0.3, 0.4) is 0 Å². The molecule has 0 spiro atoms. The third kappa shape index (κ3) is 5.28. The van der Waals surface area contributed by atoms with Gasteiger partial charge in [-0.25, -0.2) is 18.2 Å². The molecule has 0 amide bonds. The molecule has 4 rings (SSSR count). The highest BCUT2D eigenvalue weighted by molar-refractivity contribution is 7.89. The van der Waals surface area contributed by atoms with Crippen LogP contribution in [-0.2, 0) is 19.8 Å². The summed E-state index contributed by atoms with van der Waals surface area (Å²) in [5.41, 5.74) is 3.18. The van der Waals surface area contributed by atoms with Crippen molar-refractivity contribution in [1.29, 1.82) is 0 Å². The zero-order valence-corrected chi connectivity index (χ0v) is 16.7. The Kier molecular flexibility index (Phi) is 7.13. The van der Waals surface area contributed by atoms with Crippen molar-refractivity contribution in [3.63, 3.8) is 0 Å². The largest absolute Gasteiger partial charge is 0.360 e. The first kappa shape index (κ1) is 21.2. The minimum absolute atomic E-state index is 0.0286. The topological polar surface area (TPSA) is 111 Å². The van der Waals surface area contributed by atoms with E-state index in [1.165, 1.54) is 17.0 Å². The van der Waals surface area contributed by atoms with Gasteiger partial charge in [0, 0.05) is 5.56 Å². The van der Waals surface area contributed by atoms with Gasteiger partial charge in [-0.2, -0.15) is 0 Å². The van der Waals surface area contributed by atoms with E-state index in [0.717, 1.165) is 42.7 Å². The minimum atomic E-state index is -3.89. The minimum Gasteiger partial charge on any atom is -0.360 e. The molecule has 2 N–H and O–H groups in total. The lowest BCUT2D eigenvalue weighted by molar-refractivity contribution is -0.312. The van der Waals surface area contributed by atoms with Crippen molar-refractivity contribution in [3.8, 4) is 22.4 Å². The molecule has 1 fully saturated rings. The molecule has 1 aliphatic rings. The Morgan fingerprint density at radius 1 is 0.931 bits per heavy atom. The molecular formula is C20H22N2O6S. The normalized spacial score (nSPS) is 14.1. The number of hydrogen-bond donors (Lipinski definition) is 2. The molecule has 29 heavy (non-hydrogen) atoms. The summed E-state index contributed by atoms with van der Waals surface area (Å²) < 4.78 is 28.4. The van der Waals surface area contributed by atoms with Crippen molar-refractivity contribution < 1.29 is 27.9 Å². The number of rotatable bonds is 4. The van der Waals surface area contributed by atoms with Gasteiger partial charge in [-0.05, 0) is 37.5 Å². The molecule has 0 saturated carbocycles. The Balaban J connectivity index is 0.000000343. The summed E-state index contributed by atoms with van der Waals surface area (Å²) in [7, 11) is -3.89. The van der Waals surface area contributed by atoms with Crippen molar-refractivity contribution in [2.24, 2.45) is 0 Å². The van der Waals surface area contributed by atoms with Crippen molar-refractivity contribution in [2.45, 2.75) is 24.7 Å². The van der Waals surface area contributed by atoms with Crippen LogP contribution >= 0.6 is 0 Å². The van der Waals surface area contributed by atoms with E-state index in [0.29, 0.717) is 11.5 Å². The zero-order chi connectivity index (χ0) is 20.7. The molecule has 2 heterocycles. The van der Waals surface area contributed by atoms with Crippen molar-refractivity contribution in [2.75, 3.05) is 13.2 Å². The number of nitrogens with one attached hydrogen (secondary N) is 1. The quantitative estimate of drug-likeness (QED) is 0.491. The average Bonchev–Trinajstić information content (AvgIpc) is 3.17. The second-order valence-corrected chi connectivity index (χ2v) is 7.96. The summed E-state index contributed by atoms with van der Waals surface area (Å²) in [5.74, 6) is 0.639. The number of aromatic nitrogens is 1. The third-order valence-electron chi connectivity index (χ3n) is 4.27. The number of sulfonamides is 1. The second kappa shape index (κ2) is 9.77. The van der Waals surface area contributed by atoms with Crippen LogP contribution in [0.5, 0.6) is 0 Å². The van der Waals surface area contributed by atoms with Gasteiger partial charge in [0.05, 0.1) is 23.7 Å². The van der Waals surface area contributed by atoms with E-state index in [9.17, 15) is 8.42 Å². The monoisotopic (exact) mass is 418 g/mol. The standard InChI is InChI=1S/C16H14N2O4S.C4H8O2/c1-11-15(16(17-22-11)13-5-3-2-4-6-13)12-7-9-14(10-8-12)23(20,21)18-19;1-2-4-6-5-3-1/h2-10,18-19H,1H3;1-4H2. The molecule has 2 aromatic carbocycles. The smallest absolute Gasteiger partial charge is 0.262 e. The zero-order valence-electron chi connectivity index (χ0n) is 15.9. The number of benzene rings is 2. The molecule has 1 aromatic heterocycles. The van der Waals surface area contributed by atoms with Crippen LogP contribution in [0, 0.1) is 6.92 Å². The lowest BCUT2D eigenvalue weighted by atomic mass is 10.00. The molecule has 0 bridgehead atoms. The average molecular weight is 418 g/mol. The van der Waals surface area contributed by atoms with E-state index in [1.807, 2.05) is 30.3 Å². The fourth-order valence-electron chi connectivity index (χ4n) is 2.80.